The van der Waals surface area contributed by atoms with Crippen LogP contribution in [0.3, 0.4) is 0 Å². The molecule has 5 heteroatoms. The molecule has 1 aromatic rings. The van der Waals surface area contributed by atoms with Crippen molar-refractivity contribution < 1.29 is 9.59 Å². The van der Waals surface area contributed by atoms with Gasteiger partial charge in [-0.1, -0.05) is 12.1 Å². The molecule has 0 saturated heterocycles. The van der Waals surface area contributed by atoms with E-state index in [4.69, 9.17) is 5.53 Å². The van der Waals surface area contributed by atoms with Gasteiger partial charge < -0.3 is 0 Å². The van der Waals surface area contributed by atoms with Gasteiger partial charge in [-0.3, -0.25) is 9.59 Å². The third-order valence-corrected chi connectivity index (χ3v) is 1.68. The van der Waals surface area contributed by atoms with E-state index < -0.39 is 5.91 Å². The number of amides is 1. The van der Waals surface area contributed by atoms with Gasteiger partial charge in [-0.05, 0) is 19.1 Å². The van der Waals surface area contributed by atoms with Crippen molar-refractivity contribution in [1.82, 2.24) is 4.91 Å². The van der Waals surface area contributed by atoms with E-state index in [1.165, 1.54) is 31.2 Å². The van der Waals surface area contributed by atoms with E-state index in [-0.39, 0.29) is 5.78 Å². The lowest BCUT2D eigenvalue weighted by atomic mass is 10.1. The molecule has 0 aliphatic rings. The van der Waals surface area contributed by atoms with Crippen LogP contribution in [-0.2, 0) is 0 Å². The maximum absolute atomic E-state index is 11.1. The molecule has 1 amide bonds. The summed E-state index contributed by atoms with van der Waals surface area (Å²) in [6.45, 7) is 1.44. The van der Waals surface area contributed by atoms with Crippen LogP contribution in [0.25, 0.3) is 0 Å². The number of Topliss-reactive ketones (excluding diaryl/α,β-unsaturated/α-hetero) is 1. The summed E-state index contributed by atoms with van der Waals surface area (Å²) in [4.78, 5) is 24.6. The highest BCUT2D eigenvalue weighted by Crippen LogP contribution is 2.05. The molecule has 1 N–H and O–H groups in total. The first-order valence-corrected chi connectivity index (χ1v) is 3.88. The van der Waals surface area contributed by atoms with Crippen LogP contribution >= 0.6 is 0 Å². The van der Waals surface area contributed by atoms with Crippen LogP contribution in [0.4, 0.5) is 0 Å². The molecule has 1 rings (SSSR count). The van der Waals surface area contributed by atoms with Gasteiger partial charge in [0.1, 0.15) is 5.53 Å². The number of hydrogen-bond acceptors (Lipinski definition) is 3. The van der Waals surface area contributed by atoms with E-state index in [1.807, 2.05) is 0 Å². The molecule has 0 radical (unpaired) electrons. The van der Waals surface area contributed by atoms with E-state index in [1.54, 1.807) is 0 Å². The number of carbonyl (C=O) groups excluding carboxylic acids is 2. The quantitative estimate of drug-likeness (QED) is 0.436. The number of benzene rings is 1. The van der Waals surface area contributed by atoms with Crippen LogP contribution in [0, 0.1) is 5.53 Å². The number of hydrogen-bond donors (Lipinski definition) is 1. The summed E-state index contributed by atoms with van der Waals surface area (Å²) in [6.07, 6.45) is 0. The third kappa shape index (κ3) is 2.18. The molecule has 0 spiro atoms. The molecule has 0 bridgehead atoms. The molecular formula is C9H8N3O2+. The minimum atomic E-state index is -0.588. The Labute approximate surface area is 80.0 Å². The number of rotatable bonds is 2. The average Bonchev–Trinajstić information content (AvgIpc) is 2.18. The van der Waals surface area contributed by atoms with Gasteiger partial charge in [-0.15, -0.1) is 0 Å². The minimum Gasteiger partial charge on any atom is -0.295 e. The molecule has 0 heterocycles. The van der Waals surface area contributed by atoms with E-state index >= 15 is 0 Å². The maximum Gasteiger partial charge on any atom is 0.360 e. The van der Waals surface area contributed by atoms with Crippen molar-refractivity contribution in [1.29, 1.82) is 5.53 Å². The molecule has 0 saturated carbocycles. The Balaban J connectivity index is 2.99. The molecule has 0 atom stereocenters. The maximum atomic E-state index is 11.1. The molecule has 5 nitrogen and oxygen atoms in total. The van der Waals surface area contributed by atoms with Crippen molar-refractivity contribution >= 4 is 11.7 Å². The first kappa shape index (κ1) is 9.95. The summed E-state index contributed by atoms with van der Waals surface area (Å²) in [5, 5.41) is 3.04. The van der Waals surface area contributed by atoms with Gasteiger partial charge >= 0.3 is 5.91 Å². The highest BCUT2D eigenvalue weighted by atomic mass is 16.1. The number of ketones is 1. The second-order valence-corrected chi connectivity index (χ2v) is 2.64. The Kier molecular flexibility index (Phi) is 2.99. The Morgan fingerprint density at radius 1 is 1.21 bits per heavy atom. The van der Waals surface area contributed by atoms with Crippen LogP contribution < -0.4 is 4.91 Å². The predicted octanol–water partition coefficient (Wildman–Crippen LogP) is 1.58. The van der Waals surface area contributed by atoms with Crippen LogP contribution in [-0.4, -0.2) is 11.7 Å². The summed E-state index contributed by atoms with van der Waals surface area (Å²) < 4.78 is 0. The fourth-order valence-electron chi connectivity index (χ4n) is 0.951. The zero-order valence-electron chi connectivity index (χ0n) is 7.52. The van der Waals surface area contributed by atoms with Crippen LogP contribution in [0.2, 0.25) is 0 Å². The van der Waals surface area contributed by atoms with Gasteiger partial charge in [-0.25, -0.2) is 0 Å². The van der Waals surface area contributed by atoms with Gasteiger partial charge in [0.05, 0.1) is 0 Å². The first-order chi connectivity index (χ1) is 6.65. The van der Waals surface area contributed by atoms with Gasteiger partial charge in [0, 0.05) is 11.1 Å². The summed E-state index contributed by atoms with van der Waals surface area (Å²) in [6, 6.07) is 6.03. The minimum absolute atomic E-state index is 0.0638. The average molecular weight is 190 g/mol. The van der Waals surface area contributed by atoms with Crippen molar-refractivity contribution in [3.8, 4) is 0 Å². The third-order valence-electron chi connectivity index (χ3n) is 1.68. The molecule has 0 unspecified atom stereocenters. The highest BCUT2D eigenvalue weighted by molar-refractivity contribution is 5.97. The predicted molar refractivity (Wildman–Crippen MR) is 48.1 cm³/mol. The number of nitrogens with one attached hydrogen (secondary N) is 1. The standard InChI is InChI=1S/C9H8N3O2/c1-6(13)7-2-4-8(5-3-7)9(14)11-12-10/h2-5,10H,1H3/q+1. The molecule has 0 fully saturated rings. The van der Waals surface area contributed by atoms with Gasteiger partial charge in [0.25, 0.3) is 0 Å². The zero-order valence-corrected chi connectivity index (χ0v) is 7.52. The smallest absolute Gasteiger partial charge is 0.295 e. The Morgan fingerprint density at radius 2 is 1.71 bits per heavy atom. The topological polar surface area (TPSA) is 84.5 Å². The van der Waals surface area contributed by atoms with E-state index in [0.717, 1.165) is 0 Å². The van der Waals surface area contributed by atoms with Crippen molar-refractivity contribution in [2.75, 3.05) is 0 Å². The molecular weight excluding hydrogens is 182 g/mol. The Morgan fingerprint density at radius 3 is 2.14 bits per heavy atom. The van der Waals surface area contributed by atoms with E-state index in [2.05, 4.69) is 10.0 Å². The van der Waals surface area contributed by atoms with E-state index in [0.29, 0.717) is 11.1 Å². The largest absolute Gasteiger partial charge is 0.360 e. The Hall–Kier alpha value is -2.13. The number of carbonyl (C=O) groups is 2. The second-order valence-electron chi connectivity index (χ2n) is 2.64. The highest BCUT2D eigenvalue weighted by Gasteiger charge is 2.09. The van der Waals surface area contributed by atoms with Crippen molar-refractivity contribution in [2.45, 2.75) is 6.92 Å². The molecule has 0 aromatic heterocycles. The molecule has 0 aliphatic carbocycles. The normalized spacial score (nSPS) is 8.93. The lowest BCUT2D eigenvalue weighted by Crippen LogP contribution is -1.97. The molecule has 14 heavy (non-hydrogen) atoms. The zero-order chi connectivity index (χ0) is 10.6. The SMILES string of the molecule is CC(=O)c1ccc(C(=O)N=[N+]=N)cc1. The summed E-state index contributed by atoms with van der Waals surface area (Å²) in [5.41, 5.74) is 7.22. The van der Waals surface area contributed by atoms with Crippen molar-refractivity contribution in [3.05, 3.63) is 35.4 Å². The summed E-state index contributed by atoms with van der Waals surface area (Å²) in [7, 11) is 0. The first-order valence-electron chi connectivity index (χ1n) is 3.88. The molecule has 0 aliphatic heterocycles. The summed E-state index contributed by atoms with van der Waals surface area (Å²) in [5.74, 6) is -0.652. The fraction of sp³-hybridized carbons (Fsp3) is 0.111. The van der Waals surface area contributed by atoms with E-state index in [9.17, 15) is 9.59 Å². The monoisotopic (exact) mass is 190 g/mol. The van der Waals surface area contributed by atoms with Crippen LogP contribution in [0.1, 0.15) is 27.6 Å². The van der Waals surface area contributed by atoms with Gasteiger partial charge in [0.2, 0.25) is 10.0 Å². The molecule has 70 valence electrons. The summed E-state index contributed by atoms with van der Waals surface area (Å²) >= 11 is 0. The Bertz CT molecular complexity index is 416. The van der Waals surface area contributed by atoms with Crippen molar-refractivity contribution in [2.24, 2.45) is 5.11 Å². The molecule has 1 aromatic carbocycles. The second kappa shape index (κ2) is 4.20. The fourth-order valence-corrected chi connectivity index (χ4v) is 0.951. The van der Waals surface area contributed by atoms with Gasteiger partial charge in [0.15, 0.2) is 5.78 Å². The van der Waals surface area contributed by atoms with Crippen molar-refractivity contribution in [3.63, 3.8) is 0 Å². The lowest BCUT2D eigenvalue weighted by molar-refractivity contribution is 0.0987. The van der Waals surface area contributed by atoms with Crippen LogP contribution in [0.15, 0.2) is 29.4 Å². The van der Waals surface area contributed by atoms with Crippen LogP contribution in [0.5, 0.6) is 0 Å². The van der Waals surface area contributed by atoms with Gasteiger partial charge in [-0.2, -0.15) is 0 Å². The number of nitrogens with zero attached hydrogens (tertiary/aromatic N) is 2. The lowest BCUT2D eigenvalue weighted by Gasteiger charge is -1.94.